The molecule has 1 atom stereocenters. The first-order valence-electron chi connectivity index (χ1n) is 9.26. The van der Waals surface area contributed by atoms with E-state index in [1.54, 1.807) is 7.05 Å². The molecule has 26 heavy (non-hydrogen) atoms. The van der Waals surface area contributed by atoms with Crippen molar-refractivity contribution in [3.63, 3.8) is 0 Å². The van der Waals surface area contributed by atoms with Gasteiger partial charge in [0.05, 0.1) is 11.5 Å². The molecule has 0 aromatic heterocycles. The summed E-state index contributed by atoms with van der Waals surface area (Å²) in [6.45, 7) is 4.41. The molecular weight excluding hydrogens is 350 g/mol. The first kappa shape index (κ1) is 19.2. The Morgan fingerprint density at radius 2 is 2.04 bits per heavy atom. The van der Waals surface area contributed by atoms with Crippen LogP contribution in [0.15, 0.2) is 29.3 Å². The Balaban J connectivity index is 1.70. The van der Waals surface area contributed by atoms with Crippen LogP contribution in [0.2, 0.25) is 0 Å². The Labute approximate surface area is 156 Å². The summed E-state index contributed by atoms with van der Waals surface area (Å²) in [5, 5.41) is 6.72. The zero-order valence-corrected chi connectivity index (χ0v) is 16.4. The van der Waals surface area contributed by atoms with Crippen molar-refractivity contribution in [1.82, 2.24) is 10.6 Å². The van der Waals surface area contributed by atoms with E-state index in [2.05, 4.69) is 46.8 Å². The van der Waals surface area contributed by atoms with Crippen LogP contribution < -0.4 is 10.6 Å². The smallest absolute Gasteiger partial charge is 0.191 e. The molecule has 2 fully saturated rings. The summed E-state index contributed by atoms with van der Waals surface area (Å²) in [7, 11) is -1.18. The first-order chi connectivity index (χ1) is 12.4. The number of aryl methyl sites for hydroxylation is 1. The van der Waals surface area contributed by atoms with E-state index in [4.69, 9.17) is 4.74 Å². The average molecular weight is 380 g/mol. The van der Waals surface area contributed by atoms with E-state index in [-0.39, 0.29) is 23.0 Å². The van der Waals surface area contributed by atoms with Crippen LogP contribution in [-0.4, -0.2) is 58.7 Å². The second-order valence-corrected chi connectivity index (χ2v) is 9.61. The Hall–Kier alpha value is -1.60. The number of aliphatic imine (C=N–C) groups is 1. The molecule has 144 valence electrons. The maximum atomic E-state index is 11.7. The summed E-state index contributed by atoms with van der Waals surface area (Å²) < 4.78 is 29.0. The van der Waals surface area contributed by atoms with Crippen LogP contribution in [0.4, 0.5) is 0 Å². The zero-order valence-electron chi connectivity index (χ0n) is 15.6. The lowest BCUT2D eigenvalue weighted by molar-refractivity contribution is 0.0511. The van der Waals surface area contributed by atoms with Crippen LogP contribution >= 0.6 is 0 Å². The van der Waals surface area contributed by atoms with Gasteiger partial charge in [0.2, 0.25) is 0 Å². The van der Waals surface area contributed by atoms with Gasteiger partial charge in [-0.3, -0.25) is 4.99 Å². The van der Waals surface area contributed by atoms with E-state index in [0.717, 1.165) is 32.6 Å². The van der Waals surface area contributed by atoms with E-state index < -0.39 is 9.84 Å². The van der Waals surface area contributed by atoms with Crippen molar-refractivity contribution in [3.05, 3.63) is 35.4 Å². The van der Waals surface area contributed by atoms with Crippen molar-refractivity contribution in [2.24, 2.45) is 4.99 Å². The number of nitrogens with zero attached hydrogens (tertiary/aromatic N) is 1. The lowest BCUT2D eigenvalue weighted by Gasteiger charge is -2.39. The zero-order chi connectivity index (χ0) is 18.6. The minimum atomic E-state index is -2.91. The number of benzene rings is 1. The quantitative estimate of drug-likeness (QED) is 0.611. The predicted molar refractivity (Wildman–Crippen MR) is 104 cm³/mol. The third kappa shape index (κ3) is 4.38. The number of guanidine groups is 1. The predicted octanol–water partition coefficient (Wildman–Crippen LogP) is 1.40. The Morgan fingerprint density at radius 3 is 2.65 bits per heavy atom. The van der Waals surface area contributed by atoms with Crippen molar-refractivity contribution in [3.8, 4) is 0 Å². The maximum Gasteiger partial charge on any atom is 0.191 e. The van der Waals surface area contributed by atoms with Gasteiger partial charge < -0.3 is 15.4 Å². The number of ether oxygens (including phenoxy) is 1. The van der Waals surface area contributed by atoms with Crippen molar-refractivity contribution in [2.45, 2.75) is 37.6 Å². The molecule has 0 amide bonds. The summed E-state index contributed by atoms with van der Waals surface area (Å²) in [6, 6.07) is 8.47. The molecule has 0 spiro atoms. The molecule has 1 aromatic carbocycles. The summed E-state index contributed by atoms with van der Waals surface area (Å²) in [4.78, 5) is 4.30. The second kappa shape index (κ2) is 7.96. The monoisotopic (exact) mass is 379 g/mol. The molecular formula is C19H29N3O3S. The summed E-state index contributed by atoms with van der Waals surface area (Å²) in [5.74, 6) is 1.11. The molecule has 2 aliphatic heterocycles. The van der Waals surface area contributed by atoms with Crippen LogP contribution in [0.3, 0.4) is 0 Å². The number of rotatable bonds is 4. The van der Waals surface area contributed by atoms with Gasteiger partial charge in [0.15, 0.2) is 15.8 Å². The largest absolute Gasteiger partial charge is 0.381 e. The molecule has 0 bridgehead atoms. The highest BCUT2D eigenvalue weighted by Gasteiger charge is 2.36. The third-order valence-electron chi connectivity index (χ3n) is 5.56. The van der Waals surface area contributed by atoms with Gasteiger partial charge in [0.1, 0.15) is 0 Å². The standard InChI is InChI=1S/C19H29N3O3S/c1-15-5-3-4-6-17(15)19(8-10-25-11-9-19)14-21-18(20-2)22-16-7-12-26(23,24)13-16/h3-6,16H,7-14H2,1-2H3,(H2,20,21,22). The Morgan fingerprint density at radius 1 is 1.31 bits per heavy atom. The van der Waals surface area contributed by atoms with Crippen molar-refractivity contribution < 1.29 is 13.2 Å². The van der Waals surface area contributed by atoms with E-state index in [0.29, 0.717) is 12.4 Å². The topological polar surface area (TPSA) is 79.8 Å². The van der Waals surface area contributed by atoms with Crippen molar-refractivity contribution in [1.29, 1.82) is 0 Å². The average Bonchev–Trinajstić information content (AvgIpc) is 2.98. The van der Waals surface area contributed by atoms with E-state index in [9.17, 15) is 8.42 Å². The van der Waals surface area contributed by atoms with Crippen LogP contribution in [0.1, 0.15) is 30.4 Å². The molecule has 6 nitrogen and oxygen atoms in total. The fraction of sp³-hybridized carbons (Fsp3) is 0.632. The van der Waals surface area contributed by atoms with E-state index in [1.165, 1.54) is 11.1 Å². The van der Waals surface area contributed by atoms with E-state index in [1.807, 2.05) is 0 Å². The molecule has 2 N–H and O–H groups in total. The SMILES string of the molecule is CN=C(NCC1(c2ccccc2C)CCOCC1)NC1CCS(=O)(=O)C1. The molecule has 0 aliphatic carbocycles. The van der Waals surface area contributed by atoms with Crippen molar-refractivity contribution in [2.75, 3.05) is 38.3 Å². The van der Waals surface area contributed by atoms with Gasteiger partial charge in [0.25, 0.3) is 0 Å². The van der Waals surface area contributed by atoms with Gasteiger partial charge in [-0.15, -0.1) is 0 Å². The fourth-order valence-electron chi connectivity index (χ4n) is 4.02. The lowest BCUT2D eigenvalue weighted by Crippen LogP contribution is -2.50. The van der Waals surface area contributed by atoms with Gasteiger partial charge in [-0.25, -0.2) is 8.42 Å². The number of sulfone groups is 1. The molecule has 2 aliphatic rings. The maximum absolute atomic E-state index is 11.7. The molecule has 3 rings (SSSR count). The van der Waals surface area contributed by atoms with Crippen LogP contribution in [0.25, 0.3) is 0 Å². The van der Waals surface area contributed by atoms with Gasteiger partial charge in [0, 0.05) is 38.3 Å². The molecule has 1 aromatic rings. The lowest BCUT2D eigenvalue weighted by atomic mass is 9.72. The molecule has 0 saturated carbocycles. The van der Waals surface area contributed by atoms with Gasteiger partial charge >= 0.3 is 0 Å². The highest BCUT2D eigenvalue weighted by Crippen LogP contribution is 2.36. The normalized spacial score (nSPS) is 25.0. The number of hydrogen-bond acceptors (Lipinski definition) is 4. The summed E-state index contributed by atoms with van der Waals surface area (Å²) in [6.07, 6.45) is 2.55. The minimum absolute atomic E-state index is 0.00294. The van der Waals surface area contributed by atoms with Crippen molar-refractivity contribution >= 4 is 15.8 Å². The van der Waals surface area contributed by atoms with Crippen LogP contribution in [-0.2, 0) is 20.0 Å². The van der Waals surface area contributed by atoms with Gasteiger partial charge in [-0.1, -0.05) is 24.3 Å². The van der Waals surface area contributed by atoms with Gasteiger partial charge in [-0.05, 0) is 37.3 Å². The van der Waals surface area contributed by atoms with Gasteiger partial charge in [-0.2, -0.15) is 0 Å². The first-order valence-corrected chi connectivity index (χ1v) is 11.1. The molecule has 1 unspecified atom stereocenters. The molecule has 2 saturated heterocycles. The molecule has 7 heteroatoms. The Bertz CT molecular complexity index is 755. The van der Waals surface area contributed by atoms with E-state index >= 15 is 0 Å². The highest BCUT2D eigenvalue weighted by molar-refractivity contribution is 7.91. The highest BCUT2D eigenvalue weighted by atomic mass is 32.2. The minimum Gasteiger partial charge on any atom is -0.381 e. The Kier molecular flexibility index (Phi) is 5.87. The summed E-state index contributed by atoms with van der Waals surface area (Å²) >= 11 is 0. The summed E-state index contributed by atoms with van der Waals surface area (Å²) in [5.41, 5.74) is 2.65. The number of hydrogen-bond donors (Lipinski definition) is 2. The third-order valence-corrected chi connectivity index (χ3v) is 7.33. The molecule has 2 heterocycles. The fourth-order valence-corrected chi connectivity index (χ4v) is 5.69. The van der Waals surface area contributed by atoms with Crippen LogP contribution in [0.5, 0.6) is 0 Å². The number of nitrogens with one attached hydrogen (secondary N) is 2. The van der Waals surface area contributed by atoms with Crippen LogP contribution in [0, 0.1) is 6.92 Å². The second-order valence-electron chi connectivity index (χ2n) is 7.38. The molecule has 0 radical (unpaired) electrons.